The molecule has 2 aromatic rings. The van der Waals surface area contributed by atoms with Crippen molar-refractivity contribution in [2.45, 2.75) is 67.7 Å². The van der Waals surface area contributed by atoms with Crippen molar-refractivity contribution >= 4 is 27.6 Å². The third kappa shape index (κ3) is 6.28. The van der Waals surface area contributed by atoms with Crippen molar-refractivity contribution in [2.24, 2.45) is 0 Å². The van der Waals surface area contributed by atoms with Crippen molar-refractivity contribution in [3.8, 4) is 11.5 Å². The van der Waals surface area contributed by atoms with E-state index < -0.39 is 45.4 Å². The highest BCUT2D eigenvalue weighted by atomic mass is 32.2. The molecular weight excluding hydrogens is 621 g/mol. The summed E-state index contributed by atoms with van der Waals surface area (Å²) in [5.41, 5.74) is -1.25. The lowest BCUT2D eigenvalue weighted by Gasteiger charge is -2.47. The largest absolute Gasteiger partial charge is 0.486 e. The number of hydrogen-bond donors (Lipinski definition) is 3. The lowest BCUT2D eigenvalue weighted by Crippen LogP contribution is -2.54. The normalized spacial score (nSPS) is 24.6. The van der Waals surface area contributed by atoms with Crippen LogP contribution in [0.4, 0.5) is 23.7 Å². The summed E-state index contributed by atoms with van der Waals surface area (Å²) >= 11 is 0. The Hall–Kier alpha value is -3.60. The minimum Gasteiger partial charge on any atom is -0.486 e. The lowest BCUT2D eigenvalue weighted by atomic mass is 9.87. The van der Waals surface area contributed by atoms with Crippen LogP contribution in [0, 0.1) is 0 Å². The van der Waals surface area contributed by atoms with Crippen LogP contribution in [0.5, 0.6) is 11.5 Å². The minimum absolute atomic E-state index is 0.102. The number of amides is 3. The molecule has 3 amide bonds. The van der Waals surface area contributed by atoms with Gasteiger partial charge >= 0.3 is 12.2 Å². The quantitative estimate of drug-likeness (QED) is 0.273. The third-order valence-corrected chi connectivity index (χ3v) is 9.86. The van der Waals surface area contributed by atoms with Crippen LogP contribution in [0.1, 0.15) is 50.2 Å². The Morgan fingerprint density at radius 1 is 1.02 bits per heavy atom. The number of rotatable bonds is 9. The molecule has 0 radical (unpaired) electrons. The topological polar surface area (TPSA) is 145 Å². The average molecular weight is 655 g/mol. The van der Waals surface area contributed by atoms with E-state index in [-0.39, 0.29) is 35.5 Å². The van der Waals surface area contributed by atoms with Gasteiger partial charge in [-0.3, -0.25) is 14.8 Å². The fourth-order valence-corrected chi connectivity index (χ4v) is 7.23. The number of nitrogens with zero attached hydrogens (tertiary/aromatic N) is 1. The Labute approximate surface area is 257 Å². The number of likely N-dealkylation sites (tertiary alicyclic amines) is 1. The van der Waals surface area contributed by atoms with E-state index in [9.17, 15) is 31.2 Å². The number of unbranched alkanes of at least 4 members (excludes halogenated alkanes) is 1. The second kappa shape index (κ2) is 11.6. The standard InChI is InChI=1S/C29H33F3N4O8S/c1-18-43-28(44-18,8-2-3-11-36-12-9-27(10-13-36)25(37)33-26(38)34-27)22-16-20(17-23-24(22)42-15-14-41-23)35-45(39,40)21-6-4-19(5-7-21)29(30,31)32/h4-7,16-18,35H,2-3,8-15H2,1H3,(H2,33,34,37,38). The molecule has 0 bridgehead atoms. The Morgan fingerprint density at radius 3 is 2.33 bits per heavy atom. The molecular formula is C29H33F3N4O8S. The summed E-state index contributed by atoms with van der Waals surface area (Å²) in [4.78, 5) is 25.7. The summed E-state index contributed by atoms with van der Waals surface area (Å²) in [6.45, 7) is 4.29. The molecule has 0 aromatic heterocycles. The average Bonchev–Trinajstić information content (AvgIpc) is 3.25. The van der Waals surface area contributed by atoms with Crippen molar-refractivity contribution in [1.29, 1.82) is 0 Å². The van der Waals surface area contributed by atoms with E-state index in [4.69, 9.17) is 18.9 Å². The summed E-state index contributed by atoms with van der Waals surface area (Å²) in [7, 11) is -4.26. The predicted octanol–water partition coefficient (Wildman–Crippen LogP) is 3.67. The van der Waals surface area contributed by atoms with Gasteiger partial charge in [-0.05, 0) is 69.5 Å². The zero-order valence-corrected chi connectivity index (χ0v) is 25.2. The number of hydrogen-bond acceptors (Lipinski definition) is 9. The molecule has 12 nitrogen and oxygen atoms in total. The molecule has 3 fully saturated rings. The number of urea groups is 1. The first kappa shape index (κ1) is 31.4. The van der Waals surface area contributed by atoms with E-state index in [0.717, 1.165) is 25.1 Å². The zero-order chi connectivity index (χ0) is 32.0. The number of halogens is 3. The molecule has 45 heavy (non-hydrogen) atoms. The van der Waals surface area contributed by atoms with Crippen molar-refractivity contribution in [2.75, 3.05) is 37.6 Å². The van der Waals surface area contributed by atoms with Crippen LogP contribution in [-0.4, -0.2) is 69.9 Å². The molecule has 3 N–H and O–H groups in total. The van der Waals surface area contributed by atoms with Crippen molar-refractivity contribution in [1.82, 2.24) is 15.5 Å². The lowest BCUT2D eigenvalue weighted by molar-refractivity contribution is -0.459. The number of benzene rings is 2. The number of anilines is 1. The first-order valence-electron chi connectivity index (χ1n) is 14.6. The van der Waals surface area contributed by atoms with Crippen LogP contribution in [0.15, 0.2) is 41.3 Å². The monoisotopic (exact) mass is 654 g/mol. The molecule has 3 saturated heterocycles. The van der Waals surface area contributed by atoms with E-state index in [2.05, 4.69) is 20.3 Å². The summed E-state index contributed by atoms with van der Waals surface area (Å²) in [6.07, 6.45) is -2.22. The van der Waals surface area contributed by atoms with Gasteiger partial charge in [-0.1, -0.05) is 0 Å². The maximum Gasteiger partial charge on any atom is 0.416 e. The Balaban J connectivity index is 1.15. The van der Waals surface area contributed by atoms with Crippen LogP contribution < -0.4 is 24.8 Å². The first-order chi connectivity index (χ1) is 21.3. The second-order valence-electron chi connectivity index (χ2n) is 11.5. The molecule has 0 aliphatic carbocycles. The molecule has 2 aromatic carbocycles. The van der Waals surface area contributed by atoms with Crippen LogP contribution in [-0.2, 0) is 36.3 Å². The zero-order valence-electron chi connectivity index (χ0n) is 24.4. The number of sulfonamides is 1. The maximum absolute atomic E-state index is 13.1. The summed E-state index contributed by atoms with van der Waals surface area (Å²) in [5, 5.41) is 5.08. The fourth-order valence-electron chi connectivity index (χ4n) is 6.19. The van der Waals surface area contributed by atoms with Gasteiger partial charge in [0, 0.05) is 25.6 Å². The van der Waals surface area contributed by atoms with Gasteiger partial charge in [-0.25, -0.2) is 13.2 Å². The Bertz CT molecular complexity index is 1570. The van der Waals surface area contributed by atoms with E-state index in [1.54, 1.807) is 6.92 Å². The highest BCUT2D eigenvalue weighted by Gasteiger charge is 2.50. The Morgan fingerprint density at radius 2 is 1.71 bits per heavy atom. The van der Waals surface area contributed by atoms with Gasteiger partial charge in [-0.15, -0.1) is 0 Å². The molecule has 244 valence electrons. The van der Waals surface area contributed by atoms with Crippen molar-refractivity contribution < 1.29 is 50.1 Å². The van der Waals surface area contributed by atoms with Gasteiger partial charge in [0.25, 0.3) is 15.9 Å². The van der Waals surface area contributed by atoms with Crippen LogP contribution >= 0.6 is 0 Å². The smallest absolute Gasteiger partial charge is 0.416 e. The van der Waals surface area contributed by atoms with E-state index in [0.29, 0.717) is 62.2 Å². The molecule has 16 heteroatoms. The van der Waals surface area contributed by atoms with Gasteiger partial charge in [0.05, 0.1) is 21.7 Å². The number of carbonyl (C=O) groups excluding carboxylic acids is 2. The highest BCUT2D eigenvalue weighted by Crippen LogP contribution is 2.51. The van der Waals surface area contributed by atoms with E-state index >= 15 is 0 Å². The van der Waals surface area contributed by atoms with E-state index in [1.807, 2.05) is 0 Å². The van der Waals surface area contributed by atoms with Gasteiger partial charge in [0.1, 0.15) is 18.8 Å². The maximum atomic E-state index is 13.1. The highest BCUT2D eigenvalue weighted by molar-refractivity contribution is 7.92. The molecule has 6 rings (SSSR count). The molecule has 0 unspecified atom stereocenters. The van der Waals surface area contributed by atoms with Gasteiger partial charge < -0.3 is 29.2 Å². The summed E-state index contributed by atoms with van der Waals surface area (Å²) in [5.74, 6) is -0.872. The second-order valence-corrected chi connectivity index (χ2v) is 13.2. The Kier molecular flexibility index (Phi) is 8.12. The van der Waals surface area contributed by atoms with Gasteiger partial charge in [0.2, 0.25) is 5.79 Å². The summed E-state index contributed by atoms with van der Waals surface area (Å²) < 4.78 is 91.6. The molecule has 4 aliphatic rings. The predicted molar refractivity (Wildman–Crippen MR) is 152 cm³/mol. The first-order valence-corrected chi connectivity index (χ1v) is 16.1. The van der Waals surface area contributed by atoms with Gasteiger partial charge in [-0.2, -0.15) is 13.2 Å². The number of piperidine rings is 1. The number of alkyl halides is 3. The molecule has 1 spiro atoms. The van der Waals surface area contributed by atoms with Gasteiger partial charge in [0.15, 0.2) is 17.8 Å². The third-order valence-electron chi connectivity index (χ3n) is 8.46. The molecule has 0 atom stereocenters. The summed E-state index contributed by atoms with van der Waals surface area (Å²) in [6, 6.07) is 5.74. The van der Waals surface area contributed by atoms with Crippen molar-refractivity contribution in [3.63, 3.8) is 0 Å². The van der Waals surface area contributed by atoms with Crippen molar-refractivity contribution in [3.05, 3.63) is 47.5 Å². The van der Waals surface area contributed by atoms with Crippen LogP contribution in [0.25, 0.3) is 0 Å². The number of imide groups is 1. The number of nitrogens with one attached hydrogen (secondary N) is 3. The molecule has 0 saturated carbocycles. The number of ether oxygens (including phenoxy) is 4. The molecule has 4 heterocycles. The number of carbonyl (C=O) groups is 2. The molecule has 4 aliphatic heterocycles. The van der Waals surface area contributed by atoms with E-state index in [1.165, 1.54) is 12.1 Å². The van der Waals surface area contributed by atoms with Crippen LogP contribution in [0.2, 0.25) is 0 Å². The number of fused-ring (bicyclic) bond motifs is 1. The minimum atomic E-state index is -4.60. The SMILES string of the molecule is CC1OC(CCCCN2CCC3(CC2)NC(=O)NC3=O)(c2cc(NS(=O)(=O)c3ccc(C(F)(F)F)cc3)cc3c2OCCO3)O1. The fraction of sp³-hybridized carbons (Fsp3) is 0.517. The van der Waals surface area contributed by atoms with Crippen LogP contribution in [0.3, 0.4) is 0 Å².